The average Bonchev–Trinajstić information content (AvgIpc) is 2.38. The lowest BCUT2D eigenvalue weighted by atomic mass is 9.75. The predicted molar refractivity (Wildman–Crippen MR) is 80.0 cm³/mol. The van der Waals surface area contributed by atoms with Gasteiger partial charge in [-0.1, -0.05) is 44.4 Å². The maximum atomic E-state index is 13.7. The topological polar surface area (TPSA) is 0 Å². The van der Waals surface area contributed by atoms with Gasteiger partial charge in [0.2, 0.25) is 0 Å². The van der Waals surface area contributed by atoms with Crippen molar-refractivity contribution in [1.29, 1.82) is 0 Å². The van der Waals surface area contributed by atoms with Crippen molar-refractivity contribution >= 4 is 11.6 Å². The Bertz CT molecular complexity index is 406. The maximum absolute atomic E-state index is 13.7. The summed E-state index contributed by atoms with van der Waals surface area (Å²) in [5.41, 5.74) is 0.815. The van der Waals surface area contributed by atoms with Crippen molar-refractivity contribution in [2.24, 2.45) is 17.8 Å². The van der Waals surface area contributed by atoms with Crippen LogP contribution in [0.25, 0.3) is 0 Å². The summed E-state index contributed by atoms with van der Waals surface area (Å²) in [6.45, 7) is 4.65. The molecule has 2 heteroatoms. The van der Waals surface area contributed by atoms with Gasteiger partial charge in [-0.3, -0.25) is 0 Å². The summed E-state index contributed by atoms with van der Waals surface area (Å²) in [6.07, 6.45) is 7.30. The minimum absolute atomic E-state index is 0.150. The molecule has 0 bridgehead atoms. The summed E-state index contributed by atoms with van der Waals surface area (Å²) in [4.78, 5) is 0. The third-order valence-corrected chi connectivity index (χ3v) is 4.91. The molecule has 0 saturated heterocycles. The zero-order valence-corrected chi connectivity index (χ0v) is 12.7. The van der Waals surface area contributed by atoms with Gasteiger partial charge in [0.1, 0.15) is 5.82 Å². The highest BCUT2D eigenvalue weighted by Crippen LogP contribution is 2.35. The maximum Gasteiger partial charge on any atom is 0.127 e. The molecule has 1 saturated carbocycles. The molecule has 0 radical (unpaired) electrons. The van der Waals surface area contributed by atoms with Crippen molar-refractivity contribution in [2.45, 2.75) is 52.4 Å². The SMILES string of the molecule is CC(C)C1CCC(CCc2ccc(Cl)cc2F)CC1. The van der Waals surface area contributed by atoms with E-state index in [0.29, 0.717) is 5.02 Å². The molecular weight excluding hydrogens is 259 g/mol. The molecule has 1 aliphatic carbocycles. The van der Waals surface area contributed by atoms with Crippen LogP contribution in [0.4, 0.5) is 4.39 Å². The smallest absolute Gasteiger partial charge is 0.127 e. The van der Waals surface area contributed by atoms with E-state index in [1.165, 1.54) is 31.7 Å². The normalized spacial score (nSPS) is 23.8. The van der Waals surface area contributed by atoms with Crippen molar-refractivity contribution in [3.63, 3.8) is 0 Å². The van der Waals surface area contributed by atoms with Crippen LogP contribution in [0.3, 0.4) is 0 Å². The molecular formula is C17H24ClF. The van der Waals surface area contributed by atoms with E-state index in [0.717, 1.165) is 36.2 Å². The summed E-state index contributed by atoms with van der Waals surface area (Å²) in [5.74, 6) is 2.35. The Balaban J connectivity index is 1.80. The van der Waals surface area contributed by atoms with Gasteiger partial charge in [-0.15, -0.1) is 0 Å². The Morgan fingerprint density at radius 2 is 1.89 bits per heavy atom. The number of halogens is 2. The molecule has 0 atom stereocenters. The zero-order chi connectivity index (χ0) is 13.8. The first-order chi connectivity index (χ1) is 9.06. The summed E-state index contributed by atoms with van der Waals surface area (Å²) < 4.78 is 13.7. The highest BCUT2D eigenvalue weighted by atomic mass is 35.5. The van der Waals surface area contributed by atoms with Crippen LogP contribution in [0, 0.1) is 23.6 Å². The molecule has 2 rings (SSSR count). The number of aryl methyl sites for hydroxylation is 1. The lowest BCUT2D eigenvalue weighted by molar-refractivity contribution is 0.217. The molecule has 0 spiro atoms. The van der Waals surface area contributed by atoms with Gasteiger partial charge in [0, 0.05) is 5.02 Å². The number of hydrogen-bond donors (Lipinski definition) is 0. The van der Waals surface area contributed by atoms with Gasteiger partial charge in [0.15, 0.2) is 0 Å². The lowest BCUT2D eigenvalue weighted by Crippen LogP contribution is -2.19. The zero-order valence-electron chi connectivity index (χ0n) is 12.0. The molecule has 0 N–H and O–H groups in total. The molecule has 0 unspecified atom stereocenters. The summed E-state index contributed by atoms with van der Waals surface area (Å²) >= 11 is 5.77. The van der Waals surface area contributed by atoms with E-state index < -0.39 is 0 Å². The second-order valence-electron chi connectivity index (χ2n) is 6.30. The van der Waals surface area contributed by atoms with Gasteiger partial charge in [0.05, 0.1) is 0 Å². The minimum Gasteiger partial charge on any atom is -0.207 e. The van der Waals surface area contributed by atoms with E-state index in [4.69, 9.17) is 11.6 Å². The van der Waals surface area contributed by atoms with Gasteiger partial charge in [-0.25, -0.2) is 4.39 Å². The standard InChI is InChI=1S/C17H24ClF/c1-12(2)14-6-3-13(4-7-14)5-8-15-9-10-16(18)11-17(15)19/h9-14H,3-8H2,1-2H3. The summed E-state index contributed by atoms with van der Waals surface area (Å²) in [7, 11) is 0. The Labute approximate surface area is 121 Å². The van der Waals surface area contributed by atoms with Crippen molar-refractivity contribution in [2.75, 3.05) is 0 Å². The molecule has 1 fully saturated rings. The van der Waals surface area contributed by atoms with E-state index in [1.807, 2.05) is 6.07 Å². The van der Waals surface area contributed by atoms with Crippen molar-refractivity contribution in [3.8, 4) is 0 Å². The third-order valence-electron chi connectivity index (χ3n) is 4.67. The van der Waals surface area contributed by atoms with Crippen LogP contribution in [0.15, 0.2) is 18.2 Å². The molecule has 1 aliphatic rings. The quantitative estimate of drug-likeness (QED) is 0.647. The number of benzene rings is 1. The van der Waals surface area contributed by atoms with Crippen LogP contribution >= 0.6 is 11.6 Å². The van der Waals surface area contributed by atoms with E-state index in [2.05, 4.69) is 13.8 Å². The molecule has 0 aliphatic heterocycles. The van der Waals surface area contributed by atoms with Crippen molar-refractivity contribution in [3.05, 3.63) is 34.6 Å². The Hall–Kier alpha value is -0.560. The highest BCUT2D eigenvalue weighted by Gasteiger charge is 2.23. The Kier molecular flexibility index (Phi) is 5.27. The van der Waals surface area contributed by atoms with Crippen molar-refractivity contribution < 1.29 is 4.39 Å². The van der Waals surface area contributed by atoms with Crippen LogP contribution in [0.2, 0.25) is 5.02 Å². The van der Waals surface area contributed by atoms with E-state index >= 15 is 0 Å². The van der Waals surface area contributed by atoms with Gasteiger partial charge >= 0.3 is 0 Å². The summed E-state index contributed by atoms with van der Waals surface area (Å²) in [5, 5.41) is 0.485. The van der Waals surface area contributed by atoms with E-state index in [9.17, 15) is 4.39 Å². The fraction of sp³-hybridized carbons (Fsp3) is 0.647. The van der Waals surface area contributed by atoms with E-state index in [1.54, 1.807) is 6.07 Å². The average molecular weight is 283 g/mol. The van der Waals surface area contributed by atoms with Gasteiger partial charge < -0.3 is 0 Å². The minimum atomic E-state index is -0.150. The third kappa shape index (κ3) is 4.21. The van der Waals surface area contributed by atoms with Crippen LogP contribution in [-0.4, -0.2) is 0 Å². The molecule has 1 aromatic rings. The van der Waals surface area contributed by atoms with Crippen LogP contribution < -0.4 is 0 Å². The van der Waals surface area contributed by atoms with Crippen molar-refractivity contribution in [1.82, 2.24) is 0 Å². The molecule has 106 valence electrons. The lowest BCUT2D eigenvalue weighted by Gasteiger charge is -2.30. The molecule has 1 aromatic carbocycles. The van der Waals surface area contributed by atoms with Gasteiger partial charge in [-0.2, -0.15) is 0 Å². The highest BCUT2D eigenvalue weighted by molar-refractivity contribution is 6.30. The summed E-state index contributed by atoms with van der Waals surface area (Å²) in [6, 6.07) is 5.04. The first kappa shape index (κ1) is 14.8. The van der Waals surface area contributed by atoms with E-state index in [-0.39, 0.29) is 5.82 Å². The van der Waals surface area contributed by atoms with Gasteiger partial charge in [-0.05, 0) is 61.1 Å². The van der Waals surface area contributed by atoms with Crippen LogP contribution in [0.1, 0.15) is 51.5 Å². The monoisotopic (exact) mass is 282 g/mol. The number of rotatable bonds is 4. The molecule has 19 heavy (non-hydrogen) atoms. The Morgan fingerprint density at radius 1 is 1.21 bits per heavy atom. The predicted octanol–water partition coefficient (Wildman–Crippen LogP) is 5.87. The molecule has 0 amide bonds. The van der Waals surface area contributed by atoms with Gasteiger partial charge in [0.25, 0.3) is 0 Å². The second-order valence-corrected chi connectivity index (χ2v) is 6.74. The van der Waals surface area contributed by atoms with Crippen LogP contribution in [-0.2, 0) is 6.42 Å². The fourth-order valence-electron chi connectivity index (χ4n) is 3.23. The molecule has 0 nitrogen and oxygen atoms in total. The number of hydrogen-bond acceptors (Lipinski definition) is 0. The fourth-order valence-corrected chi connectivity index (χ4v) is 3.39. The second kappa shape index (κ2) is 6.74. The molecule has 0 aromatic heterocycles. The van der Waals surface area contributed by atoms with Crippen LogP contribution in [0.5, 0.6) is 0 Å². The first-order valence-electron chi connectivity index (χ1n) is 7.50. The Morgan fingerprint density at radius 3 is 2.47 bits per heavy atom. The molecule has 0 heterocycles. The largest absolute Gasteiger partial charge is 0.207 e. The first-order valence-corrected chi connectivity index (χ1v) is 7.88.